The Balaban J connectivity index is 2.09. The number of carboxylic acid groups (broad SMARTS) is 1. The molecule has 1 aliphatic rings. The molecule has 0 aliphatic carbocycles. The third kappa shape index (κ3) is 2.58. The third-order valence-electron chi connectivity index (χ3n) is 3.26. The smallest absolute Gasteiger partial charge is 0.335 e. The molecule has 116 valence electrons. The van der Waals surface area contributed by atoms with Crippen LogP contribution in [0.5, 0.6) is 11.5 Å². The Bertz CT molecular complexity index is 929. The molecule has 8 heteroatoms. The summed E-state index contributed by atoms with van der Waals surface area (Å²) in [6, 6.07) is 7.05. The van der Waals surface area contributed by atoms with E-state index in [1.165, 1.54) is 6.20 Å². The predicted molar refractivity (Wildman–Crippen MR) is 80.3 cm³/mol. The van der Waals surface area contributed by atoms with Crippen molar-refractivity contribution in [3.63, 3.8) is 0 Å². The Labute approximate surface area is 129 Å². The molecule has 3 rings (SSSR count). The quantitative estimate of drug-likeness (QED) is 0.608. The zero-order chi connectivity index (χ0) is 16.6. The summed E-state index contributed by atoms with van der Waals surface area (Å²) in [6.45, 7) is 0. The van der Waals surface area contributed by atoms with Crippen LogP contribution in [0.25, 0.3) is 6.20 Å². The van der Waals surface area contributed by atoms with E-state index in [2.05, 4.69) is 10.2 Å². The van der Waals surface area contributed by atoms with Crippen LogP contribution < -0.4 is 15.6 Å². The normalized spacial score (nSPS) is 12.8. The van der Waals surface area contributed by atoms with Crippen LogP contribution in [0.3, 0.4) is 0 Å². The summed E-state index contributed by atoms with van der Waals surface area (Å²) in [5, 5.41) is 48.0. The van der Waals surface area contributed by atoms with Gasteiger partial charge in [0.15, 0.2) is 5.69 Å². The highest BCUT2D eigenvalue weighted by Crippen LogP contribution is 2.37. The van der Waals surface area contributed by atoms with Gasteiger partial charge >= 0.3 is 5.97 Å². The second kappa shape index (κ2) is 5.43. The summed E-state index contributed by atoms with van der Waals surface area (Å²) in [7, 11) is 0. The highest BCUT2D eigenvalue weighted by atomic mass is 16.5. The summed E-state index contributed by atoms with van der Waals surface area (Å²) in [4.78, 5) is 10.9. The molecule has 0 saturated heterocycles. The van der Waals surface area contributed by atoms with E-state index in [1.807, 2.05) is 0 Å². The van der Waals surface area contributed by atoms with Gasteiger partial charge in [0, 0.05) is 17.0 Å². The van der Waals surface area contributed by atoms with Crippen LogP contribution in [0, 0.1) is 0 Å². The van der Waals surface area contributed by atoms with Gasteiger partial charge in [0.2, 0.25) is 0 Å². The molecule has 0 fully saturated rings. The summed E-state index contributed by atoms with van der Waals surface area (Å²) in [5.41, 5.74) is 0.120. The molecule has 8 nitrogen and oxygen atoms in total. The van der Waals surface area contributed by atoms with Crippen molar-refractivity contribution < 1.29 is 25.3 Å². The van der Waals surface area contributed by atoms with Gasteiger partial charge in [0.25, 0.3) is 0 Å². The molecule has 2 aromatic carbocycles. The molecule has 2 aromatic rings. The zero-order valence-electron chi connectivity index (χ0n) is 11.6. The summed E-state index contributed by atoms with van der Waals surface area (Å²) in [5.74, 6) is -2.48. The van der Waals surface area contributed by atoms with Crippen molar-refractivity contribution in [1.29, 1.82) is 0 Å². The Hall–Kier alpha value is -3.39. The minimum atomic E-state index is -1.31. The number of phenols is 2. The van der Waals surface area contributed by atoms with E-state index in [0.717, 1.165) is 17.7 Å². The number of hydroxylamine groups is 1. The van der Waals surface area contributed by atoms with Crippen molar-refractivity contribution in [3.8, 4) is 11.5 Å². The number of anilines is 1. The lowest BCUT2D eigenvalue weighted by Gasteiger charge is -2.15. The molecule has 4 N–H and O–H groups in total. The number of fused-ring (bicyclic) bond motifs is 1. The third-order valence-corrected chi connectivity index (χ3v) is 3.26. The molecule has 1 heterocycles. The van der Waals surface area contributed by atoms with Crippen LogP contribution in [0.2, 0.25) is 0 Å². The molecule has 0 saturated carbocycles. The minimum Gasteiger partial charge on any atom is -0.505 e. The van der Waals surface area contributed by atoms with Gasteiger partial charge in [-0.3, -0.25) is 5.21 Å². The number of nitrogens with zero attached hydrogens (tertiary/aromatic N) is 3. The van der Waals surface area contributed by atoms with Crippen molar-refractivity contribution >= 4 is 24.1 Å². The molecule has 0 unspecified atom stereocenters. The second-order valence-electron chi connectivity index (χ2n) is 4.77. The van der Waals surface area contributed by atoms with Crippen molar-refractivity contribution in [2.45, 2.75) is 0 Å². The standard InChI is InChI=1S/C15H11N3O5/c19-11-4-10(15(21)22)5-12(20)14(11)18(23)7-9-3-1-2-8-6-16-17-13(8)9/h1-7,19-20,23H,(H,21,22). The van der Waals surface area contributed by atoms with Crippen LogP contribution in [0.15, 0.2) is 40.5 Å². The minimum absolute atomic E-state index is 0.304. The Morgan fingerprint density at radius 1 is 1.17 bits per heavy atom. The SMILES string of the molecule is O=C(O)c1cc(O)c(N(O)C=c2cccc3c2=NN=C3)c(O)c1. The largest absolute Gasteiger partial charge is 0.505 e. The number of hydrogen-bond donors (Lipinski definition) is 4. The number of benzene rings is 2. The molecule has 0 radical (unpaired) electrons. The van der Waals surface area contributed by atoms with Gasteiger partial charge in [-0.1, -0.05) is 18.2 Å². The molecular weight excluding hydrogens is 302 g/mol. The molecule has 1 aliphatic heterocycles. The predicted octanol–water partition coefficient (Wildman–Crippen LogP) is 0.397. The molecule has 0 amide bonds. The van der Waals surface area contributed by atoms with Gasteiger partial charge in [-0.25, -0.2) is 9.86 Å². The monoisotopic (exact) mass is 313 g/mol. The van der Waals surface area contributed by atoms with Gasteiger partial charge in [-0.2, -0.15) is 5.10 Å². The molecule has 0 aromatic heterocycles. The zero-order valence-corrected chi connectivity index (χ0v) is 11.6. The number of rotatable bonds is 3. The molecule has 0 atom stereocenters. The lowest BCUT2D eigenvalue weighted by molar-refractivity contribution is 0.0696. The maximum Gasteiger partial charge on any atom is 0.335 e. The first-order valence-corrected chi connectivity index (χ1v) is 6.46. The van der Waals surface area contributed by atoms with Crippen LogP contribution >= 0.6 is 0 Å². The highest BCUT2D eigenvalue weighted by Gasteiger charge is 2.17. The Kier molecular flexibility index (Phi) is 3.43. The molecule has 23 heavy (non-hydrogen) atoms. The van der Waals surface area contributed by atoms with Gasteiger partial charge in [0.05, 0.1) is 11.8 Å². The first kappa shape index (κ1) is 14.5. The van der Waals surface area contributed by atoms with Crippen molar-refractivity contribution in [2.75, 3.05) is 5.06 Å². The number of hydrogen-bond acceptors (Lipinski definition) is 7. The lowest BCUT2D eigenvalue weighted by atomic mass is 10.1. The molecule has 0 bridgehead atoms. The number of carbonyl (C=O) groups is 1. The van der Waals surface area contributed by atoms with Gasteiger partial charge in [0.1, 0.15) is 16.9 Å². The highest BCUT2D eigenvalue weighted by molar-refractivity contribution is 5.91. The Morgan fingerprint density at radius 3 is 2.52 bits per heavy atom. The Morgan fingerprint density at radius 2 is 1.87 bits per heavy atom. The second-order valence-corrected chi connectivity index (χ2v) is 4.77. The van der Waals surface area contributed by atoms with Crippen molar-refractivity contribution in [3.05, 3.63) is 52.0 Å². The van der Waals surface area contributed by atoms with E-state index < -0.39 is 17.5 Å². The summed E-state index contributed by atoms with van der Waals surface area (Å²) < 4.78 is 0. The lowest BCUT2D eigenvalue weighted by Crippen LogP contribution is -2.30. The number of phenolic OH excluding ortho intramolecular Hbond substituents is 2. The van der Waals surface area contributed by atoms with Crippen LogP contribution in [-0.2, 0) is 0 Å². The molecular formula is C15H11N3O5. The maximum absolute atomic E-state index is 10.9. The molecule has 0 spiro atoms. The van der Waals surface area contributed by atoms with Gasteiger partial charge in [-0.05, 0) is 12.1 Å². The number of carboxylic acids is 1. The van der Waals surface area contributed by atoms with Crippen molar-refractivity contribution in [2.24, 2.45) is 10.2 Å². The summed E-state index contributed by atoms with van der Waals surface area (Å²) >= 11 is 0. The number of aromatic hydroxyl groups is 2. The fraction of sp³-hybridized carbons (Fsp3) is 0. The van der Waals surface area contributed by atoms with Crippen LogP contribution in [0.1, 0.15) is 15.9 Å². The average molecular weight is 313 g/mol. The summed E-state index contributed by atoms with van der Waals surface area (Å²) in [6.07, 6.45) is 2.79. The average Bonchev–Trinajstić information content (AvgIpc) is 2.95. The fourth-order valence-electron chi connectivity index (χ4n) is 2.21. The van der Waals surface area contributed by atoms with E-state index >= 15 is 0 Å². The first-order valence-electron chi connectivity index (χ1n) is 6.46. The first-order chi connectivity index (χ1) is 11.0. The van der Waals surface area contributed by atoms with Crippen LogP contribution in [-0.4, -0.2) is 32.7 Å². The van der Waals surface area contributed by atoms with Gasteiger partial charge < -0.3 is 15.3 Å². The maximum atomic E-state index is 10.9. The van der Waals surface area contributed by atoms with Gasteiger partial charge in [-0.15, -0.1) is 5.10 Å². The van der Waals surface area contributed by atoms with Crippen LogP contribution in [0.4, 0.5) is 5.69 Å². The topological polar surface area (TPSA) is 126 Å². The van der Waals surface area contributed by atoms with Crippen molar-refractivity contribution in [1.82, 2.24) is 0 Å². The van der Waals surface area contributed by atoms with E-state index in [1.54, 1.807) is 24.4 Å². The van der Waals surface area contributed by atoms with E-state index in [9.17, 15) is 20.2 Å². The fourth-order valence-corrected chi connectivity index (χ4v) is 2.21. The van der Waals surface area contributed by atoms with E-state index in [-0.39, 0.29) is 11.3 Å². The number of aromatic carboxylic acids is 1. The van der Waals surface area contributed by atoms with E-state index in [0.29, 0.717) is 15.6 Å². The van der Waals surface area contributed by atoms with E-state index in [4.69, 9.17) is 5.11 Å².